The van der Waals surface area contributed by atoms with Crippen molar-refractivity contribution in [1.82, 2.24) is 0 Å². The lowest BCUT2D eigenvalue weighted by atomic mass is 9.96. The van der Waals surface area contributed by atoms with Crippen LogP contribution in [0.25, 0.3) is 0 Å². The Balaban J connectivity index is 3.88. The normalized spacial score (nSPS) is 10.8. The van der Waals surface area contributed by atoms with Gasteiger partial charge in [0, 0.05) is 0 Å². The molecule has 0 saturated heterocycles. The van der Waals surface area contributed by atoms with Crippen LogP contribution in [0, 0.1) is 5.92 Å². The molecule has 16 heavy (non-hydrogen) atoms. The van der Waals surface area contributed by atoms with Gasteiger partial charge in [0.1, 0.15) is 0 Å². The molecule has 0 aromatic carbocycles. The molecule has 0 fully saturated rings. The van der Waals surface area contributed by atoms with Crippen LogP contribution in [0.5, 0.6) is 0 Å². The number of esters is 1. The molecule has 0 aliphatic heterocycles. The average molecular weight is 228 g/mol. The fourth-order valence-corrected chi connectivity index (χ4v) is 1.72. The molecule has 0 amide bonds. The van der Waals surface area contributed by atoms with E-state index in [4.69, 9.17) is 4.74 Å². The number of hydrogen-bond acceptors (Lipinski definition) is 2. The highest BCUT2D eigenvalue weighted by Gasteiger charge is 2.18. The van der Waals surface area contributed by atoms with E-state index in [0.29, 0.717) is 6.61 Å². The van der Waals surface area contributed by atoms with Crippen molar-refractivity contribution < 1.29 is 9.53 Å². The van der Waals surface area contributed by atoms with E-state index in [1.807, 2.05) is 0 Å². The molecule has 0 heterocycles. The smallest absolute Gasteiger partial charge is 0.308 e. The lowest BCUT2D eigenvalue weighted by Crippen LogP contribution is -2.18. The Morgan fingerprint density at radius 2 is 1.44 bits per heavy atom. The van der Waals surface area contributed by atoms with Crippen LogP contribution in [-0.4, -0.2) is 12.6 Å². The summed E-state index contributed by atoms with van der Waals surface area (Å²) in [6.45, 7) is 7.04. The van der Waals surface area contributed by atoms with Crippen LogP contribution >= 0.6 is 0 Å². The molecule has 0 aromatic heterocycles. The largest absolute Gasteiger partial charge is 0.465 e. The Morgan fingerprint density at radius 3 is 1.88 bits per heavy atom. The minimum atomic E-state index is 0.0374. The summed E-state index contributed by atoms with van der Waals surface area (Å²) in [6.07, 6.45) is 8.66. The van der Waals surface area contributed by atoms with Gasteiger partial charge < -0.3 is 4.74 Å². The predicted molar refractivity (Wildman–Crippen MR) is 68.4 cm³/mol. The molecule has 0 aliphatic rings. The maximum atomic E-state index is 11.8. The number of carbonyl (C=O) groups is 1. The summed E-state index contributed by atoms with van der Waals surface area (Å²) in [5, 5.41) is 0. The van der Waals surface area contributed by atoms with Gasteiger partial charge in [0.15, 0.2) is 0 Å². The molecule has 2 nitrogen and oxygen atoms in total. The maximum absolute atomic E-state index is 11.8. The molecule has 2 heteroatoms. The first-order valence-electron chi connectivity index (χ1n) is 6.92. The van der Waals surface area contributed by atoms with E-state index in [9.17, 15) is 4.79 Å². The molecular weight excluding hydrogens is 200 g/mol. The lowest BCUT2D eigenvalue weighted by molar-refractivity contribution is -0.149. The summed E-state index contributed by atoms with van der Waals surface area (Å²) < 4.78 is 5.30. The molecular formula is C14H28O2. The molecule has 0 aromatic rings. The van der Waals surface area contributed by atoms with Crippen molar-refractivity contribution in [2.24, 2.45) is 5.92 Å². The third-order valence-electron chi connectivity index (χ3n) is 2.89. The van der Waals surface area contributed by atoms with E-state index in [-0.39, 0.29) is 11.9 Å². The van der Waals surface area contributed by atoms with Gasteiger partial charge in [0.05, 0.1) is 12.5 Å². The van der Waals surface area contributed by atoms with Gasteiger partial charge >= 0.3 is 5.97 Å². The first-order chi connectivity index (χ1) is 7.76. The zero-order valence-electron chi connectivity index (χ0n) is 11.3. The lowest BCUT2D eigenvalue weighted by Gasteiger charge is -2.15. The highest BCUT2D eigenvalue weighted by molar-refractivity contribution is 5.72. The van der Waals surface area contributed by atoms with Crippen LogP contribution in [0.3, 0.4) is 0 Å². The summed E-state index contributed by atoms with van der Waals surface area (Å²) in [4.78, 5) is 11.8. The number of rotatable bonds is 10. The van der Waals surface area contributed by atoms with Gasteiger partial charge in [-0.2, -0.15) is 0 Å². The highest BCUT2D eigenvalue weighted by atomic mass is 16.5. The van der Waals surface area contributed by atoms with Crippen LogP contribution in [0.15, 0.2) is 0 Å². The minimum absolute atomic E-state index is 0.0374. The van der Waals surface area contributed by atoms with E-state index in [1.165, 1.54) is 0 Å². The number of ether oxygens (including phenoxy) is 1. The van der Waals surface area contributed by atoms with Crippen LogP contribution in [-0.2, 0) is 9.53 Å². The number of hydrogen-bond donors (Lipinski definition) is 0. The summed E-state index contributed by atoms with van der Waals surface area (Å²) in [5.41, 5.74) is 0. The first kappa shape index (κ1) is 15.5. The molecule has 0 atom stereocenters. The Labute approximate surface area is 101 Å². The molecule has 0 saturated carbocycles. The zero-order chi connectivity index (χ0) is 12.2. The second-order valence-electron chi connectivity index (χ2n) is 4.50. The Bertz CT molecular complexity index is 158. The van der Waals surface area contributed by atoms with Crippen molar-refractivity contribution in [3.8, 4) is 0 Å². The highest BCUT2D eigenvalue weighted by Crippen LogP contribution is 2.18. The molecule has 96 valence electrons. The van der Waals surface area contributed by atoms with Crippen LogP contribution in [0.1, 0.15) is 72.1 Å². The quantitative estimate of drug-likeness (QED) is 0.411. The van der Waals surface area contributed by atoms with E-state index in [1.54, 1.807) is 0 Å². The van der Waals surface area contributed by atoms with Crippen molar-refractivity contribution in [2.45, 2.75) is 72.1 Å². The van der Waals surface area contributed by atoms with E-state index < -0.39 is 0 Å². The van der Waals surface area contributed by atoms with Gasteiger partial charge in [-0.1, -0.05) is 52.9 Å². The fraction of sp³-hybridized carbons (Fsp3) is 0.929. The average Bonchev–Trinajstić information content (AvgIpc) is 2.29. The van der Waals surface area contributed by atoms with Crippen molar-refractivity contribution in [3.63, 3.8) is 0 Å². The SMILES string of the molecule is CCCCOC(=O)C(CCCC)CCCC. The first-order valence-corrected chi connectivity index (χ1v) is 6.92. The third kappa shape index (κ3) is 7.72. The van der Waals surface area contributed by atoms with Crippen molar-refractivity contribution >= 4 is 5.97 Å². The summed E-state index contributed by atoms with van der Waals surface area (Å²) in [5.74, 6) is 0.187. The van der Waals surface area contributed by atoms with Crippen LogP contribution < -0.4 is 0 Å². The molecule has 0 bridgehead atoms. The van der Waals surface area contributed by atoms with Gasteiger partial charge in [-0.15, -0.1) is 0 Å². The number of unbranched alkanes of at least 4 members (excludes halogenated alkanes) is 3. The molecule has 0 spiro atoms. The van der Waals surface area contributed by atoms with E-state index >= 15 is 0 Å². The molecule has 0 N–H and O–H groups in total. The third-order valence-corrected chi connectivity index (χ3v) is 2.89. The van der Waals surface area contributed by atoms with Gasteiger partial charge in [0.25, 0.3) is 0 Å². The summed E-state index contributed by atoms with van der Waals surface area (Å²) in [6, 6.07) is 0. The van der Waals surface area contributed by atoms with Crippen molar-refractivity contribution in [2.75, 3.05) is 6.61 Å². The molecule has 0 aliphatic carbocycles. The molecule has 0 rings (SSSR count). The topological polar surface area (TPSA) is 26.3 Å². The number of carbonyl (C=O) groups excluding carboxylic acids is 1. The van der Waals surface area contributed by atoms with Crippen molar-refractivity contribution in [3.05, 3.63) is 0 Å². The van der Waals surface area contributed by atoms with Crippen LogP contribution in [0.2, 0.25) is 0 Å². The van der Waals surface area contributed by atoms with Crippen molar-refractivity contribution in [1.29, 1.82) is 0 Å². The Morgan fingerprint density at radius 1 is 0.938 bits per heavy atom. The predicted octanol–water partition coefficient (Wildman–Crippen LogP) is 4.33. The molecule has 0 unspecified atom stereocenters. The van der Waals surface area contributed by atoms with E-state index in [2.05, 4.69) is 20.8 Å². The fourth-order valence-electron chi connectivity index (χ4n) is 1.72. The monoisotopic (exact) mass is 228 g/mol. The van der Waals surface area contributed by atoms with Gasteiger partial charge in [-0.3, -0.25) is 4.79 Å². The van der Waals surface area contributed by atoms with Gasteiger partial charge in [-0.05, 0) is 19.3 Å². The minimum Gasteiger partial charge on any atom is -0.465 e. The summed E-state index contributed by atoms with van der Waals surface area (Å²) in [7, 11) is 0. The standard InChI is InChI=1S/C14H28O2/c1-4-7-10-13(11-8-5-2)14(15)16-12-9-6-3/h13H,4-12H2,1-3H3. The second-order valence-corrected chi connectivity index (χ2v) is 4.50. The van der Waals surface area contributed by atoms with Gasteiger partial charge in [-0.25, -0.2) is 0 Å². The van der Waals surface area contributed by atoms with Gasteiger partial charge in [0.2, 0.25) is 0 Å². The Kier molecular flexibility index (Phi) is 10.6. The Hall–Kier alpha value is -0.530. The van der Waals surface area contributed by atoms with E-state index in [0.717, 1.165) is 51.4 Å². The van der Waals surface area contributed by atoms with Crippen LogP contribution in [0.4, 0.5) is 0 Å². The second kappa shape index (κ2) is 11.0. The molecule has 0 radical (unpaired) electrons. The zero-order valence-corrected chi connectivity index (χ0v) is 11.3. The summed E-state index contributed by atoms with van der Waals surface area (Å²) >= 11 is 0. The maximum Gasteiger partial charge on any atom is 0.308 e.